The average molecular weight is 300 g/mol. The first kappa shape index (κ1) is 15.4. The molecule has 0 aromatic carbocycles. The number of hydrogen-bond acceptors (Lipinski definition) is 5. The highest BCUT2D eigenvalue weighted by Gasteiger charge is 2.20. The van der Waals surface area contributed by atoms with Gasteiger partial charge in [0.05, 0.1) is 9.81 Å². The van der Waals surface area contributed by atoms with Crippen molar-refractivity contribution < 1.29 is 8.42 Å². The summed E-state index contributed by atoms with van der Waals surface area (Å²) in [7, 11) is -3.74. The molecule has 0 saturated heterocycles. The molecule has 0 aliphatic carbocycles. The van der Waals surface area contributed by atoms with Crippen LogP contribution in [0.1, 0.15) is 0 Å². The maximum Gasteiger partial charge on any atom is 0.207 e. The van der Waals surface area contributed by atoms with E-state index in [9.17, 15) is 8.42 Å². The summed E-state index contributed by atoms with van der Waals surface area (Å²) in [6.07, 6.45) is 7.63. The number of nitrogens with two attached hydrogens (primary N) is 2. The molecule has 0 spiro atoms. The van der Waals surface area contributed by atoms with E-state index in [0.29, 0.717) is 0 Å². The summed E-state index contributed by atoms with van der Waals surface area (Å²) >= 11 is 5.55. The Morgan fingerprint density at radius 2 is 2.16 bits per heavy atom. The predicted molar refractivity (Wildman–Crippen MR) is 79.0 cm³/mol. The molecule has 4 N–H and O–H groups in total. The van der Waals surface area contributed by atoms with Crippen LogP contribution in [0.4, 0.5) is 0 Å². The SMILES string of the molecule is C=C(N)/C=C\C(=C/Cl)S(=O)(=O)C1=CC=NC(N)C=C1. The lowest BCUT2D eigenvalue weighted by molar-refractivity contribution is 0.609. The van der Waals surface area contributed by atoms with Crippen molar-refractivity contribution in [2.45, 2.75) is 6.17 Å². The fourth-order valence-corrected chi connectivity index (χ4v) is 2.76. The topological polar surface area (TPSA) is 98.5 Å². The van der Waals surface area contributed by atoms with Gasteiger partial charge < -0.3 is 11.5 Å². The van der Waals surface area contributed by atoms with Gasteiger partial charge >= 0.3 is 0 Å². The molecule has 1 atom stereocenters. The number of sulfone groups is 1. The van der Waals surface area contributed by atoms with Crippen LogP contribution in [-0.4, -0.2) is 20.8 Å². The summed E-state index contributed by atoms with van der Waals surface area (Å²) in [4.78, 5) is 3.82. The molecule has 0 bridgehead atoms. The Hall–Kier alpha value is -1.63. The van der Waals surface area contributed by atoms with Crippen LogP contribution in [-0.2, 0) is 9.84 Å². The van der Waals surface area contributed by atoms with Gasteiger partial charge in [-0.3, -0.25) is 4.99 Å². The highest BCUT2D eigenvalue weighted by molar-refractivity contribution is 7.99. The lowest BCUT2D eigenvalue weighted by Gasteiger charge is -2.04. The fourth-order valence-electron chi connectivity index (χ4n) is 1.20. The normalized spacial score (nSPS) is 20.4. The van der Waals surface area contributed by atoms with Crippen LogP contribution in [0, 0.1) is 0 Å². The Morgan fingerprint density at radius 3 is 2.74 bits per heavy atom. The van der Waals surface area contributed by atoms with Gasteiger partial charge in [0, 0.05) is 17.4 Å². The molecular weight excluding hydrogens is 286 g/mol. The Kier molecular flexibility index (Phi) is 5.29. The first-order valence-corrected chi connectivity index (χ1v) is 7.15. The van der Waals surface area contributed by atoms with E-state index in [1.165, 1.54) is 36.6 Å². The van der Waals surface area contributed by atoms with Crippen molar-refractivity contribution in [1.29, 1.82) is 0 Å². The lowest BCUT2D eigenvalue weighted by atomic mass is 10.4. The molecule has 1 aliphatic heterocycles. The second kappa shape index (κ2) is 6.51. The molecule has 0 amide bonds. The minimum absolute atomic E-state index is 0.0448. The van der Waals surface area contributed by atoms with Crippen LogP contribution >= 0.6 is 11.6 Å². The van der Waals surface area contributed by atoms with Gasteiger partial charge in [-0.15, -0.1) is 0 Å². The Labute approximate surface area is 117 Å². The molecule has 1 rings (SSSR count). The second-order valence-corrected chi connectivity index (χ2v) is 5.81. The zero-order valence-electron chi connectivity index (χ0n) is 10.0. The largest absolute Gasteiger partial charge is 0.399 e. The summed E-state index contributed by atoms with van der Waals surface area (Å²) in [6, 6.07) is 0. The van der Waals surface area contributed by atoms with Crippen molar-refractivity contribution >= 4 is 27.7 Å². The fraction of sp³-hybridized carbons (Fsp3) is 0.0833. The van der Waals surface area contributed by atoms with Gasteiger partial charge in [0.2, 0.25) is 9.84 Å². The third-order valence-corrected chi connectivity index (χ3v) is 4.28. The van der Waals surface area contributed by atoms with E-state index in [0.717, 1.165) is 5.54 Å². The monoisotopic (exact) mass is 299 g/mol. The number of aliphatic imine (C=N–C) groups is 1. The van der Waals surface area contributed by atoms with Crippen molar-refractivity contribution in [3.05, 3.63) is 58.0 Å². The molecule has 0 saturated carbocycles. The summed E-state index contributed by atoms with van der Waals surface area (Å²) in [5.74, 6) is 0. The van der Waals surface area contributed by atoms with E-state index in [2.05, 4.69) is 11.6 Å². The predicted octanol–water partition coefficient (Wildman–Crippen LogP) is 1.32. The van der Waals surface area contributed by atoms with E-state index in [1.54, 1.807) is 0 Å². The minimum atomic E-state index is -3.74. The molecule has 1 aliphatic rings. The van der Waals surface area contributed by atoms with Crippen LogP contribution in [0.15, 0.2) is 63.0 Å². The van der Waals surface area contributed by atoms with Gasteiger partial charge in [-0.05, 0) is 30.4 Å². The maximum absolute atomic E-state index is 12.3. The third kappa shape index (κ3) is 4.20. The number of hydrogen-bond donors (Lipinski definition) is 2. The van der Waals surface area contributed by atoms with E-state index >= 15 is 0 Å². The summed E-state index contributed by atoms with van der Waals surface area (Å²) in [5, 5.41) is 0. The molecule has 5 nitrogen and oxygen atoms in total. The molecule has 1 unspecified atom stereocenters. The van der Waals surface area contributed by atoms with E-state index in [-0.39, 0.29) is 15.5 Å². The van der Waals surface area contributed by atoms with Gasteiger partial charge in [-0.1, -0.05) is 18.2 Å². The summed E-state index contributed by atoms with van der Waals surface area (Å²) in [6.45, 7) is 3.44. The lowest BCUT2D eigenvalue weighted by Crippen LogP contribution is -2.12. The number of halogens is 1. The summed E-state index contributed by atoms with van der Waals surface area (Å²) in [5.41, 5.74) is 12.1. The van der Waals surface area contributed by atoms with E-state index < -0.39 is 16.0 Å². The quantitative estimate of drug-likeness (QED) is 0.765. The standard InChI is InChI=1S/C12H14ClN3O2S/c1-9(14)2-3-11(8-13)19(17,18)10-4-5-12(15)16-7-6-10/h2-8,12H,1,14-15H2/b3-2-,11-8+. The van der Waals surface area contributed by atoms with Crippen LogP contribution in [0.3, 0.4) is 0 Å². The Balaban J connectivity index is 3.17. The van der Waals surface area contributed by atoms with E-state index in [4.69, 9.17) is 23.1 Å². The van der Waals surface area contributed by atoms with Crippen LogP contribution in [0.25, 0.3) is 0 Å². The average Bonchev–Trinajstić information content (AvgIpc) is 2.54. The van der Waals surface area contributed by atoms with Crippen molar-refractivity contribution in [3.8, 4) is 0 Å². The second-order valence-electron chi connectivity index (χ2n) is 3.64. The summed E-state index contributed by atoms with van der Waals surface area (Å²) < 4.78 is 24.6. The molecule has 0 aromatic heterocycles. The van der Waals surface area contributed by atoms with Crippen molar-refractivity contribution in [1.82, 2.24) is 0 Å². The van der Waals surface area contributed by atoms with Gasteiger partial charge in [-0.2, -0.15) is 0 Å². The Morgan fingerprint density at radius 1 is 1.47 bits per heavy atom. The maximum atomic E-state index is 12.3. The zero-order valence-corrected chi connectivity index (χ0v) is 11.6. The molecule has 19 heavy (non-hydrogen) atoms. The minimum Gasteiger partial charge on any atom is -0.399 e. The molecule has 0 fully saturated rings. The molecule has 7 heteroatoms. The molecule has 0 aromatic rings. The van der Waals surface area contributed by atoms with E-state index in [1.807, 2.05) is 0 Å². The van der Waals surface area contributed by atoms with Gasteiger partial charge in [0.25, 0.3) is 0 Å². The number of rotatable bonds is 4. The van der Waals surface area contributed by atoms with Crippen molar-refractivity contribution in [2.75, 3.05) is 0 Å². The Bertz CT molecular complexity index is 613. The van der Waals surface area contributed by atoms with Crippen LogP contribution in [0.5, 0.6) is 0 Å². The van der Waals surface area contributed by atoms with Gasteiger partial charge in [0.1, 0.15) is 6.17 Å². The molecule has 1 heterocycles. The zero-order chi connectivity index (χ0) is 14.5. The highest BCUT2D eigenvalue weighted by atomic mass is 35.5. The molecular formula is C12H14ClN3O2S. The number of nitrogens with zero attached hydrogens (tertiary/aromatic N) is 1. The molecule has 102 valence electrons. The first-order valence-electron chi connectivity index (χ1n) is 5.23. The van der Waals surface area contributed by atoms with Gasteiger partial charge in [0.15, 0.2) is 0 Å². The van der Waals surface area contributed by atoms with Crippen LogP contribution < -0.4 is 11.5 Å². The highest BCUT2D eigenvalue weighted by Crippen LogP contribution is 2.21. The smallest absolute Gasteiger partial charge is 0.207 e. The first-order chi connectivity index (χ1) is 8.87. The third-order valence-electron chi connectivity index (χ3n) is 2.14. The van der Waals surface area contributed by atoms with Crippen molar-refractivity contribution in [3.63, 3.8) is 0 Å². The van der Waals surface area contributed by atoms with Crippen LogP contribution in [0.2, 0.25) is 0 Å². The number of allylic oxidation sites excluding steroid dienone is 4. The molecule has 0 radical (unpaired) electrons. The van der Waals surface area contributed by atoms with Crippen molar-refractivity contribution in [2.24, 2.45) is 16.5 Å². The van der Waals surface area contributed by atoms with Gasteiger partial charge in [-0.25, -0.2) is 8.42 Å².